The van der Waals surface area contributed by atoms with E-state index in [0.29, 0.717) is 6.04 Å². The summed E-state index contributed by atoms with van der Waals surface area (Å²) < 4.78 is 0. The molecular formula is C3H6NOSi. The van der Waals surface area contributed by atoms with Gasteiger partial charge in [0.25, 0.3) is 0 Å². The third-order valence-electron chi connectivity index (χ3n) is 0.515. The summed E-state index contributed by atoms with van der Waals surface area (Å²) in [6, 6.07) is 0.552. The standard InChI is InChI=1S/C3H6NOSi/c1-2-6(5)3-4/h6H,2H2,1H3. The van der Waals surface area contributed by atoms with Gasteiger partial charge in [0.15, 0.2) is 0 Å². The van der Waals surface area contributed by atoms with Gasteiger partial charge in [-0.05, 0) is 6.04 Å². The summed E-state index contributed by atoms with van der Waals surface area (Å²) in [4.78, 5) is 10.0. The minimum Gasteiger partial charge on any atom is -0.282 e. The van der Waals surface area contributed by atoms with Crippen molar-refractivity contribution < 1.29 is 4.80 Å². The molecule has 0 bridgehead atoms. The largest absolute Gasteiger partial charge is 0.331 e. The molecule has 0 aromatic rings. The van der Waals surface area contributed by atoms with Crippen molar-refractivity contribution in [2.45, 2.75) is 13.0 Å². The molecule has 1 atom stereocenters. The number of nitriles is 1. The highest BCUT2D eigenvalue weighted by Gasteiger charge is 1.99. The summed E-state index contributed by atoms with van der Waals surface area (Å²) in [7, 11) is -2.10. The van der Waals surface area contributed by atoms with Crippen molar-refractivity contribution in [2.24, 2.45) is 0 Å². The average Bonchev–Trinajstić information content (AvgIpc) is 1.65. The molecule has 0 N–H and O–H groups in total. The quantitative estimate of drug-likeness (QED) is 0.435. The van der Waals surface area contributed by atoms with Crippen LogP contribution in [-0.2, 0) is 4.80 Å². The number of nitrogens with zero attached hydrogens (tertiary/aromatic N) is 1. The first-order valence-corrected chi connectivity index (χ1v) is 3.73. The molecule has 33 valence electrons. The molecule has 0 spiro atoms. The first-order valence-electron chi connectivity index (χ1n) is 1.86. The summed E-state index contributed by atoms with van der Waals surface area (Å²) in [6.07, 6.45) is 0. The van der Waals surface area contributed by atoms with Gasteiger partial charge in [0.1, 0.15) is 0 Å². The maximum absolute atomic E-state index is 10.0. The molecule has 0 aliphatic rings. The summed E-state index contributed by atoms with van der Waals surface area (Å²) >= 11 is 0. The van der Waals surface area contributed by atoms with Crippen LogP contribution in [0.5, 0.6) is 0 Å². The van der Waals surface area contributed by atoms with Gasteiger partial charge in [-0.2, -0.15) is 0 Å². The molecule has 3 heteroatoms. The molecule has 0 fully saturated rings. The van der Waals surface area contributed by atoms with E-state index in [1.54, 1.807) is 12.6 Å². The molecule has 0 aromatic carbocycles. The van der Waals surface area contributed by atoms with E-state index in [1.807, 2.05) is 0 Å². The second kappa shape index (κ2) is 2.88. The predicted octanol–water partition coefficient (Wildman–Crippen LogP) is 0.223. The lowest BCUT2D eigenvalue weighted by molar-refractivity contribution is 0.460. The lowest BCUT2D eigenvalue weighted by Crippen LogP contribution is -2.01. The van der Waals surface area contributed by atoms with Gasteiger partial charge < -0.3 is 0 Å². The molecule has 0 amide bonds. The fourth-order valence-corrected chi connectivity index (χ4v) is 0.274. The van der Waals surface area contributed by atoms with E-state index < -0.39 is 9.04 Å². The molecule has 0 aliphatic carbocycles. The molecule has 0 aromatic heterocycles. The smallest absolute Gasteiger partial charge is 0.282 e. The van der Waals surface area contributed by atoms with Gasteiger partial charge in [-0.15, -0.1) is 0 Å². The minimum absolute atomic E-state index is 0.552. The highest BCUT2D eigenvalue weighted by molar-refractivity contribution is 6.58. The van der Waals surface area contributed by atoms with Crippen molar-refractivity contribution in [1.82, 2.24) is 0 Å². The van der Waals surface area contributed by atoms with Crippen molar-refractivity contribution in [3.05, 3.63) is 0 Å². The van der Waals surface area contributed by atoms with Crippen LogP contribution < -0.4 is 0 Å². The van der Waals surface area contributed by atoms with Crippen molar-refractivity contribution in [3.63, 3.8) is 0 Å². The Balaban J connectivity index is 3.04. The van der Waals surface area contributed by atoms with E-state index in [9.17, 15) is 4.80 Å². The van der Waals surface area contributed by atoms with E-state index in [2.05, 4.69) is 0 Å². The summed E-state index contributed by atoms with van der Waals surface area (Å²) in [5.41, 5.74) is 1.70. The van der Waals surface area contributed by atoms with Crippen LogP contribution in [-0.4, -0.2) is 9.04 Å². The van der Waals surface area contributed by atoms with Crippen LogP contribution in [0.1, 0.15) is 6.92 Å². The molecule has 0 aliphatic heterocycles. The third kappa shape index (κ3) is 1.94. The van der Waals surface area contributed by atoms with E-state index in [4.69, 9.17) is 5.26 Å². The van der Waals surface area contributed by atoms with Crippen LogP contribution in [0.25, 0.3) is 0 Å². The Hall–Kier alpha value is -0.333. The van der Waals surface area contributed by atoms with E-state index in [0.717, 1.165) is 0 Å². The zero-order chi connectivity index (χ0) is 4.99. The van der Waals surface area contributed by atoms with Crippen LogP contribution >= 0.6 is 0 Å². The third-order valence-corrected chi connectivity index (χ3v) is 1.54. The minimum atomic E-state index is -2.10. The second-order valence-electron chi connectivity index (χ2n) is 1.03. The maximum atomic E-state index is 10.0. The first-order chi connectivity index (χ1) is 2.81. The Morgan fingerprint density at radius 2 is 2.50 bits per heavy atom. The van der Waals surface area contributed by atoms with Crippen LogP contribution in [0.3, 0.4) is 0 Å². The van der Waals surface area contributed by atoms with Crippen molar-refractivity contribution in [1.29, 1.82) is 5.26 Å². The summed E-state index contributed by atoms with van der Waals surface area (Å²) in [5, 5.41) is 7.83. The Bertz CT molecular complexity index is 67.7. The summed E-state index contributed by atoms with van der Waals surface area (Å²) in [6.45, 7) is 1.76. The van der Waals surface area contributed by atoms with Gasteiger partial charge in [0, 0.05) is 0 Å². The molecule has 1 unspecified atom stereocenters. The molecule has 0 rings (SSSR count). The van der Waals surface area contributed by atoms with E-state index in [1.165, 1.54) is 0 Å². The molecule has 6 heavy (non-hydrogen) atoms. The zero-order valence-electron chi connectivity index (χ0n) is 3.64. The lowest BCUT2D eigenvalue weighted by atomic mass is 11.0. The number of hydrogen-bond donors (Lipinski definition) is 0. The van der Waals surface area contributed by atoms with Gasteiger partial charge in [0.2, 0.25) is 0 Å². The van der Waals surface area contributed by atoms with Crippen molar-refractivity contribution in [2.75, 3.05) is 0 Å². The van der Waals surface area contributed by atoms with Crippen molar-refractivity contribution in [3.8, 4) is 5.69 Å². The van der Waals surface area contributed by atoms with Crippen molar-refractivity contribution >= 4 is 9.04 Å². The van der Waals surface area contributed by atoms with Crippen LogP contribution in [0.4, 0.5) is 0 Å². The van der Waals surface area contributed by atoms with Gasteiger partial charge in [-0.25, -0.2) is 5.26 Å². The first kappa shape index (κ1) is 5.67. The van der Waals surface area contributed by atoms with E-state index >= 15 is 0 Å². The number of rotatable bonds is 1. The maximum Gasteiger partial charge on any atom is 0.331 e. The normalized spacial score (nSPS) is 12.8. The molecule has 0 heterocycles. The fourth-order valence-electron chi connectivity index (χ4n) is 0.0913. The molecule has 0 saturated heterocycles. The molecule has 1 radical (unpaired) electrons. The zero-order valence-corrected chi connectivity index (χ0v) is 4.79. The lowest BCUT2D eigenvalue weighted by Gasteiger charge is -1.79. The van der Waals surface area contributed by atoms with Gasteiger partial charge >= 0.3 is 9.04 Å². The van der Waals surface area contributed by atoms with Gasteiger partial charge in [-0.3, -0.25) is 4.80 Å². The van der Waals surface area contributed by atoms with Crippen LogP contribution in [0.15, 0.2) is 0 Å². The SMILES string of the molecule is CC[SiH]([O])C#N. The van der Waals surface area contributed by atoms with Crippen LogP contribution in [0, 0.1) is 11.0 Å². The van der Waals surface area contributed by atoms with Crippen LogP contribution in [0.2, 0.25) is 6.04 Å². The number of hydrogen-bond acceptors (Lipinski definition) is 1. The van der Waals surface area contributed by atoms with Gasteiger partial charge in [-0.1, -0.05) is 6.92 Å². The Morgan fingerprint density at radius 1 is 2.00 bits per heavy atom. The Morgan fingerprint density at radius 3 is 2.50 bits per heavy atom. The van der Waals surface area contributed by atoms with Gasteiger partial charge in [0.05, 0.1) is 5.69 Å². The Labute approximate surface area is 38.8 Å². The van der Waals surface area contributed by atoms with E-state index in [-0.39, 0.29) is 0 Å². The molecule has 2 nitrogen and oxygen atoms in total. The monoisotopic (exact) mass is 100 g/mol. The topological polar surface area (TPSA) is 43.7 Å². The fraction of sp³-hybridized carbons (Fsp3) is 0.667. The molecular weight excluding hydrogens is 94.1 g/mol. The Kier molecular flexibility index (Phi) is 2.72. The summed E-state index contributed by atoms with van der Waals surface area (Å²) in [5.74, 6) is 0. The highest BCUT2D eigenvalue weighted by Crippen LogP contribution is 1.80. The predicted molar refractivity (Wildman–Crippen MR) is 23.9 cm³/mol. The highest BCUT2D eigenvalue weighted by atomic mass is 28.3. The molecule has 0 saturated carbocycles. The second-order valence-corrected chi connectivity index (χ2v) is 3.08. The average molecular weight is 100 g/mol.